The minimum absolute atomic E-state index is 0.336. The van der Waals surface area contributed by atoms with Crippen molar-refractivity contribution in [1.29, 1.82) is 0 Å². The van der Waals surface area contributed by atoms with E-state index in [1.165, 1.54) is 0 Å². The van der Waals surface area contributed by atoms with Gasteiger partial charge in [0.1, 0.15) is 11.2 Å². The van der Waals surface area contributed by atoms with Crippen LogP contribution in [-0.4, -0.2) is 40.4 Å². The summed E-state index contributed by atoms with van der Waals surface area (Å²) >= 11 is 6.26. The monoisotopic (exact) mass is 331 g/mol. The number of nitrogens with zero attached hydrogens (tertiary/aromatic N) is 4. The third kappa shape index (κ3) is 2.58. The number of halogens is 1. The molecule has 0 saturated carbocycles. The SMILES string of the molecule is Cc1cnn(-c2cc(Cl)cc3nc(N4CCNC[C@@H]4C)oc23)c1. The summed E-state index contributed by atoms with van der Waals surface area (Å²) in [4.78, 5) is 6.83. The van der Waals surface area contributed by atoms with Crippen LogP contribution in [0, 0.1) is 6.92 Å². The van der Waals surface area contributed by atoms with Gasteiger partial charge in [-0.05, 0) is 31.5 Å². The van der Waals surface area contributed by atoms with Crippen molar-refractivity contribution in [2.75, 3.05) is 24.5 Å². The Labute approximate surface area is 139 Å². The van der Waals surface area contributed by atoms with Gasteiger partial charge in [-0.1, -0.05) is 11.6 Å². The average Bonchev–Trinajstić information content (AvgIpc) is 3.13. The fraction of sp³-hybridized carbons (Fsp3) is 0.375. The van der Waals surface area contributed by atoms with Crippen LogP contribution >= 0.6 is 11.6 Å². The number of rotatable bonds is 2. The first-order chi connectivity index (χ1) is 11.1. The van der Waals surface area contributed by atoms with Crippen molar-refractivity contribution in [2.24, 2.45) is 0 Å². The summed E-state index contributed by atoms with van der Waals surface area (Å²) in [7, 11) is 0. The largest absolute Gasteiger partial charge is 0.421 e. The van der Waals surface area contributed by atoms with Crippen molar-refractivity contribution in [3.63, 3.8) is 0 Å². The quantitative estimate of drug-likeness (QED) is 0.782. The predicted octanol–water partition coefficient (Wildman–Crippen LogP) is 2.77. The number of fused-ring (bicyclic) bond motifs is 1. The maximum absolute atomic E-state index is 6.26. The molecule has 0 amide bonds. The zero-order valence-electron chi connectivity index (χ0n) is 13.1. The molecule has 3 heterocycles. The lowest BCUT2D eigenvalue weighted by Crippen LogP contribution is -2.50. The molecule has 120 valence electrons. The van der Waals surface area contributed by atoms with Gasteiger partial charge in [-0.25, -0.2) is 4.68 Å². The molecule has 7 heteroatoms. The van der Waals surface area contributed by atoms with Crippen molar-refractivity contribution in [2.45, 2.75) is 19.9 Å². The highest BCUT2D eigenvalue weighted by Gasteiger charge is 2.24. The molecule has 0 radical (unpaired) electrons. The third-order valence-electron chi connectivity index (χ3n) is 4.13. The number of nitrogens with one attached hydrogen (secondary N) is 1. The first kappa shape index (κ1) is 14.5. The molecule has 0 unspecified atom stereocenters. The maximum atomic E-state index is 6.26. The molecule has 4 rings (SSSR count). The molecule has 1 N–H and O–H groups in total. The van der Waals surface area contributed by atoms with Gasteiger partial charge in [0.05, 0.1) is 6.20 Å². The van der Waals surface area contributed by atoms with Gasteiger partial charge in [0.25, 0.3) is 6.01 Å². The number of benzene rings is 1. The Hall–Kier alpha value is -2.05. The van der Waals surface area contributed by atoms with Crippen LogP contribution in [0.4, 0.5) is 6.01 Å². The Morgan fingerprint density at radius 2 is 2.26 bits per heavy atom. The van der Waals surface area contributed by atoms with Crippen LogP contribution in [0.2, 0.25) is 5.02 Å². The smallest absolute Gasteiger partial charge is 0.298 e. The van der Waals surface area contributed by atoms with Gasteiger partial charge in [0.15, 0.2) is 5.58 Å². The van der Waals surface area contributed by atoms with Crippen LogP contribution in [0.5, 0.6) is 0 Å². The van der Waals surface area contributed by atoms with Gasteiger partial charge >= 0.3 is 0 Å². The van der Waals surface area contributed by atoms with E-state index in [1.807, 2.05) is 31.5 Å². The van der Waals surface area contributed by atoms with E-state index < -0.39 is 0 Å². The van der Waals surface area contributed by atoms with E-state index in [-0.39, 0.29) is 0 Å². The standard InChI is InChI=1S/C16H18ClN5O/c1-10-7-19-22(9-10)14-6-12(17)5-13-15(14)23-16(20-13)21-4-3-18-8-11(21)2/h5-7,9,11,18H,3-4,8H2,1-2H3/t11-/m0/s1. The fourth-order valence-corrected chi connectivity index (χ4v) is 3.14. The topological polar surface area (TPSA) is 59.1 Å². The number of hydrogen-bond donors (Lipinski definition) is 1. The number of aromatic nitrogens is 3. The molecule has 1 aliphatic rings. The number of aryl methyl sites for hydroxylation is 1. The number of piperazine rings is 1. The van der Waals surface area contributed by atoms with Crippen LogP contribution < -0.4 is 10.2 Å². The lowest BCUT2D eigenvalue weighted by Gasteiger charge is -2.32. The summed E-state index contributed by atoms with van der Waals surface area (Å²) in [5, 5.41) is 8.35. The molecule has 1 fully saturated rings. The highest BCUT2D eigenvalue weighted by Crippen LogP contribution is 2.31. The molecular weight excluding hydrogens is 314 g/mol. The van der Waals surface area contributed by atoms with Gasteiger partial charge < -0.3 is 14.6 Å². The molecule has 0 bridgehead atoms. The molecule has 1 saturated heterocycles. The van der Waals surface area contributed by atoms with Crippen LogP contribution in [0.1, 0.15) is 12.5 Å². The van der Waals surface area contributed by atoms with Crippen LogP contribution in [0.25, 0.3) is 16.8 Å². The van der Waals surface area contributed by atoms with Crippen molar-refractivity contribution >= 4 is 28.7 Å². The van der Waals surface area contributed by atoms with Crippen LogP contribution in [-0.2, 0) is 0 Å². The lowest BCUT2D eigenvalue weighted by atomic mass is 10.2. The highest BCUT2D eigenvalue weighted by atomic mass is 35.5. The average molecular weight is 332 g/mol. The second-order valence-electron chi connectivity index (χ2n) is 5.98. The Morgan fingerprint density at radius 3 is 3.00 bits per heavy atom. The second-order valence-corrected chi connectivity index (χ2v) is 6.41. The van der Waals surface area contributed by atoms with Gasteiger partial charge in [-0.3, -0.25) is 0 Å². The molecule has 0 spiro atoms. The van der Waals surface area contributed by atoms with Gasteiger partial charge in [0.2, 0.25) is 0 Å². The lowest BCUT2D eigenvalue weighted by molar-refractivity contribution is 0.456. The van der Waals surface area contributed by atoms with E-state index in [4.69, 9.17) is 16.0 Å². The minimum atomic E-state index is 0.336. The maximum Gasteiger partial charge on any atom is 0.298 e. The Balaban J connectivity index is 1.84. The molecule has 1 atom stereocenters. The molecule has 23 heavy (non-hydrogen) atoms. The molecule has 1 aromatic carbocycles. The van der Waals surface area contributed by atoms with Crippen molar-refractivity contribution in [1.82, 2.24) is 20.1 Å². The summed E-state index contributed by atoms with van der Waals surface area (Å²) in [6.45, 7) is 6.88. The van der Waals surface area contributed by atoms with Crippen LogP contribution in [0.3, 0.4) is 0 Å². The fourth-order valence-electron chi connectivity index (χ4n) is 2.93. The van der Waals surface area contributed by atoms with Crippen molar-refractivity contribution in [3.05, 3.63) is 35.1 Å². The van der Waals surface area contributed by atoms with E-state index in [1.54, 1.807) is 4.68 Å². The minimum Gasteiger partial charge on any atom is -0.421 e. The molecule has 3 aromatic rings. The summed E-state index contributed by atoms with van der Waals surface area (Å²) in [6, 6.07) is 4.66. The molecule has 1 aliphatic heterocycles. The van der Waals surface area contributed by atoms with E-state index in [9.17, 15) is 0 Å². The van der Waals surface area contributed by atoms with Crippen LogP contribution in [0.15, 0.2) is 28.9 Å². The zero-order valence-corrected chi connectivity index (χ0v) is 13.8. The molecule has 2 aromatic heterocycles. The van der Waals surface area contributed by atoms with Gasteiger partial charge in [0, 0.05) is 36.9 Å². The van der Waals surface area contributed by atoms with Gasteiger partial charge in [-0.15, -0.1) is 0 Å². The van der Waals surface area contributed by atoms with E-state index in [0.717, 1.165) is 36.4 Å². The molecular formula is C16H18ClN5O. The Morgan fingerprint density at radius 1 is 1.39 bits per heavy atom. The van der Waals surface area contributed by atoms with Crippen molar-refractivity contribution in [3.8, 4) is 5.69 Å². The summed E-state index contributed by atoms with van der Waals surface area (Å²) in [5.41, 5.74) is 3.34. The second kappa shape index (κ2) is 5.54. The van der Waals surface area contributed by atoms with E-state index in [2.05, 4.69) is 27.2 Å². The predicted molar refractivity (Wildman–Crippen MR) is 90.6 cm³/mol. The number of oxazole rings is 1. The van der Waals surface area contributed by atoms with Crippen molar-refractivity contribution < 1.29 is 4.42 Å². The highest BCUT2D eigenvalue weighted by molar-refractivity contribution is 6.31. The van der Waals surface area contributed by atoms with Gasteiger partial charge in [-0.2, -0.15) is 10.1 Å². The Bertz CT molecular complexity index is 855. The normalized spacial score (nSPS) is 18.7. The summed E-state index contributed by atoms with van der Waals surface area (Å²) < 4.78 is 7.87. The third-order valence-corrected chi connectivity index (χ3v) is 4.35. The number of anilines is 1. The van der Waals surface area contributed by atoms with E-state index in [0.29, 0.717) is 22.7 Å². The Kier molecular flexibility index (Phi) is 3.50. The first-order valence-electron chi connectivity index (χ1n) is 7.71. The summed E-state index contributed by atoms with van der Waals surface area (Å²) in [5.74, 6) is 0. The molecule has 0 aliphatic carbocycles. The first-order valence-corrected chi connectivity index (χ1v) is 8.09. The summed E-state index contributed by atoms with van der Waals surface area (Å²) in [6.07, 6.45) is 3.75. The van der Waals surface area contributed by atoms with E-state index >= 15 is 0 Å². The number of hydrogen-bond acceptors (Lipinski definition) is 5. The molecule has 6 nitrogen and oxygen atoms in total. The zero-order chi connectivity index (χ0) is 16.0.